The minimum atomic E-state index is 0.219. The monoisotopic (exact) mass is 297 g/mol. The Labute approximate surface area is 128 Å². The quantitative estimate of drug-likeness (QED) is 0.693. The van der Waals surface area contributed by atoms with E-state index in [1.807, 2.05) is 18.2 Å². The van der Waals surface area contributed by atoms with Crippen LogP contribution in [0.2, 0.25) is 5.02 Å². The molecule has 0 radical (unpaired) electrons. The molecule has 20 heavy (non-hydrogen) atoms. The Morgan fingerprint density at radius 3 is 2.55 bits per heavy atom. The second kappa shape index (κ2) is 8.53. The molecule has 1 aromatic rings. The summed E-state index contributed by atoms with van der Waals surface area (Å²) in [6, 6.07) is 5.91. The van der Waals surface area contributed by atoms with E-state index in [-0.39, 0.29) is 5.54 Å². The van der Waals surface area contributed by atoms with E-state index in [0.717, 1.165) is 42.3 Å². The lowest BCUT2D eigenvalue weighted by Gasteiger charge is -2.20. The van der Waals surface area contributed by atoms with E-state index < -0.39 is 0 Å². The normalized spacial score (nSPS) is 11.7. The zero-order valence-corrected chi connectivity index (χ0v) is 14.0. The van der Waals surface area contributed by atoms with E-state index in [0.29, 0.717) is 0 Å². The molecule has 2 nitrogen and oxygen atoms in total. The molecule has 0 saturated carbocycles. The van der Waals surface area contributed by atoms with Crippen LogP contribution in [0.15, 0.2) is 18.2 Å². The van der Waals surface area contributed by atoms with Crippen molar-refractivity contribution in [2.75, 3.05) is 13.2 Å². The summed E-state index contributed by atoms with van der Waals surface area (Å²) in [7, 11) is 0. The Balaban J connectivity index is 2.15. The maximum atomic E-state index is 6.09. The van der Waals surface area contributed by atoms with Crippen LogP contribution < -0.4 is 10.1 Å². The highest BCUT2D eigenvalue weighted by Gasteiger charge is 2.07. The number of hydrogen-bond acceptors (Lipinski definition) is 2. The van der Waals surface area contributed by atoms with Crippen LogP contribution in [-0.4, -0.2) is 18.7 Å². The van der Waals surface area contributed by atoms with Crippen LogP contribution in [0.1, 0.15) is 52.5 Å². The predicted octanol–water partition coefficient (Wildman–Crippen LogP) is 4.84. The lowest BCUT2D eigenvalue weighted by molar-refractivity contribution is 0.303. The molecular formula is C17H28ClNO. The minimum Gasteiger partial charge on any atom is -0.494 e. The zero-order valence-electron chi connectivity index (χ0n) is 13.3. The molecule has 1 rings (SSSR count). The number of rotatable bonds is 8. The summed E-state index contributed by atoms with van der Waals surface area (Å²) in [6.07, 6.45) is 4.42. The Bertz CT molecular complexity index is 398. The summed E-state index contributed by atoms with van der Waals surface area (Å²) in [5, 5.41) is 4.32. The Kier molecular flexibility index (Phi) is 7.39. The van der Waals surface area contributed by atoms with Crippen LogP contribution in [0.5, 0.6) is 5.75 Å². The third kappa shape index (κ3) is 7.16. The molecule has 0 aromatic heterocycles. The summed E-state index contributed by atoms with van der Waals surface area (Å²) in [4.78, 5) is 0. The number of hydrogen-bond donors (Lipinski definition) is 1. The van der Waals surface area contributed by atoms with E-state index in [1.165, 1.54) is 12.8 Å². The van der Waals surface area contributed by atoms with Crippen molar-refractivity contribution in [1.29, 1.82) is 0 Å². The summed E-state index contributed by atoms with van der Waals surface area (Å²) >= 11 is 6.09. The lowest BCUT2D eigenvalue weighted by Crippen LogP contribution is -2.36. The van der Waals surface area contributed by atoms with Gasteiger partial charge in [0, 0.05) is 10.6 Å². The van der Waals surface area contributed by atoms with Gasteiger partial charge in [0.25, 0.3) is 0 Å². The summed E-state index contributed by atoms with van der Waals surface area (Å²) in [5.74, 6) is 0.930. The average Bonchev–Trinajstić information content (AvgIpc) is 2.38. The van der Waals surface area contributed by atoms with Crippen LogP contribution in [0, 0.1) is 0 Å². The minimum absolute atomic E-state index is 0.219. The summed E-state index contributed by atoms with van der Waals surface area (Å²) in [6.45, 7) is 10.5. The first-order chi connectivity index (χ1) is 9.42. The number of ether oxygens (including phenoxy) is 1. The molecule has 0 atom stereocenters. The Morgan fingerprint density at radius 1 is 1.15 bits per heavy atom. The fourth-order valence-electron chi connectivity index (χ4n) is 1.97. The lowest BCUT2D eigenvalue weighted by atomic mass is 10.1. The van der Waals surface area contributed by atoms with Gasteiger partial charge in [-0.3, -0.25) is 0 Å². The van der Waals surface area contributed by atoms with Crippen molar-refractivity contribution in [3.05, 3.63) is 28.8 Å². The van der Waals surface area contributed by atoms with E-state index in [9.17, 15) is 0 Å². The molecular weight excluding hydrogens is 270 g/mol. The van der Waals surface area contributed by atoms with Gasteiger partial charge in [-0.15, -0.1) is 0 Å². The van der Waals surface area contributed by atoms with Gasteiger partial charge >= 0.3 is 0 Å². The number of aryl methyl sites for hydroxylation is 1. The second-order valence-corrected chi connectivity index (χ2v) is 6.60. The molecule has 1 N–H and O–H groups in total. The highest BCUT2D eigenvalue weighted by atomic mass is 35.5. The Morgan fingerprint density at radius 2 is 1.90 bits per heavy atom. The van der Waals surface area contributed by atoms with Crippen molar-refractivity contribution in [2.24, 2.45) is 0 Å². The molecule has 114 valence electrons. The maximum Gasteiger partial charge on any atom is 0.119 e. The first kappa shape index (κ1) is 17.3. The molecule has 0 aliphatic heterocycles. The molecule has 0 amide bonds. The van der Waals surface area contributed by atoms with E-state index >= 15 is 0 Å². The molecule has 0 bridgehead atoms. The summed E-state index contributed by atoms with van der Waals surface area (Å²) < 4.78 is 5.77. The molecule has 0 heterocycles. The van der Waals surface area contributed by atoms with Gasteiger partial charge in [-0.05, 0) is 76.8 Å². The first-order valence-electron chi connectivity index (χ1n) is 7.58. The van der Waals surface area contributed by atoms with E-state index in [4.69, 9.17) is 16.3 Å². The largest absolute Gasteiger partial charge is 0.494 e. The van der Waals surface area contributed by atoms with Gasteiger partial charge in [-0.25, -0.2) is 0 Å². The first-order valence-corrected chi connectivity index (χ1v) is 7.96. The van der Waals surface area contributed by atoms with Gasteiger partial charge in [0.05, 0.1) is 6.61 Å². The van der Waals surface area contributed by atoms with Gasteiger partial charge in [0.2, 0.25) is 0 Å². The fraction of sp³-hybridized carbons (Fsp3) is 0.647. The van der Waals surface area contributed by atoms with E-state index in [2.05, 4.69) is 33.0 Å². The number of unbranched alkanes of at least 4 members (excludes halogenated alkanes) is 2. The van der Waals surface area contributed by atoms with Gasteiger partial charge in [-0.1, -0.05) is 18.5 Å². The van der Waals surface area contributed by atoms with Crippen molar-refractivity contribution in [3.63, 3.8) is 0 Å². The predicted molar refractivity (Wildman–Crippen MR) is 87.9 cm³/mol. The van der Waals surface area contributed by atoms with Gasteiger partial charge in [0.1, 0.15) is 5.75 Å². The third-order valence-corrected chi connectivity index (χ3v) is 3.51. The van der Waals surface area contributed by atoms with Gasteiger partial charge < -0.3 is 10.1 Å². The maximum absolute atomic E-state index is 6.09. The molecule has 1 aromatic carbocycles. The van der Waals surface area contributed by atoms with Crippen LogP contribution in [-0.2, 0) is 6.42 Å². The van der Waals surface area contributed by atoms with Gasteiger partial charge in [0.15, 0.2) is 0 Å². The standard InChI is InChI=1S/C17H28ClNO/c1-5-14-13-15(9-10-16(14)18)20-12-8-6-7-11-19-17(2,3)4/h9-10,13,19H,5-8,11-12H2,1-4H3. The number of halogens is 1. The van der Waals surface area contributed by atoms with Crippen molar-refractivity contribution < 1.29 is 4.74 Å². The molecule has 0 saturated heterocycles. The summed E-state index contributed by atoms with van der Waals surface area (Å²) in [5.41, 5.74) is 1.37. The third-order valence-electron chi connectivity index (χ3n) is 3.14. The molecule has 0 fully saturated rings. The van der Waals surface area contributed by atoms with Crippen LogP contribution in [0.25, 0.3) is 0 Å². The van der Waals surface area contributed by atoms with E-state index in [1.54, 1.807) is 0 Å². The molecule has 3 heteroatoms. The molecule has 0 aliphatic carbocycles. The SMILES string of the molecule is CCc1cc(OCCCCCNC(C)(C)C)ccc1Cl. The van der Waals surface area contributed by atoms with Crippen molar-refractivity contribution in [3.8, 4) is 5.75 Å². The van der Waals surface area contributed by atoms with Gasteiger partial charge in [-0.2, -0.15) is 0 Å². The van der Waals surface area contributed by atoms with Crippen LogP contribution >= 0.6 is 11.6 Å². The zero-order chi connectivity index (χ0) is 15.0. The molecule has 0 aliphatic rings. The highest BCUT2D eigenvalue weighted by Crippen LogP contribution is 2.22. The average molecular weight is 298 g/mol. The van der Waals surface area contributed by atoms with Crippen LogP contribution in [0.3, 0.4) is 0 Å². The van der Waals surface area contributed by atoms with Crippen molar-refractivity contribution in [2.45, 2.75) is 58.9 Å². The Hall–Kier alpha value is -0.730. The number of nitrogens with one attached hydrogen (secondary N) is 1. The fourth-order valence-corrected chi connectivity index (χ4v) is 2.22. The van der Waals surface area contributed by atoms with Crippen molar-refractivity contribution >= 4 is 11.6 Å². The van der Waals surface area contributed by atoms with Crippen LogP contribution in [0.4, 0.5) is 0 Å². The number of benzene rings is 1. The molecule has 0 spiro atoms. The topological polar surface area (TPSA) is 21.3 Å². The molecule has 0 unspecified atom stereocenters. The van der Waals surface area contributed by atoms with Crippen molar-refractivity contribution in [1.82, 2.24) is 5.32 Å². The second-order valence-electron chi connectivity index (χ2n) is 6.19. The smallest absolute Gasteiger partial charge is 0.119 e. The highest BCUT2D eigenvalue weighted by molar-refractivity contribution is 6.31.